The van der Waals surface area contributed by atoms with Crippen LogP contribution in [0.3, 0.4) is 0 Å². The molecule has 0 spiro atoms. The monoisotopic (exact) mass is 302 g/mol. The molecule has 0 bridgehead atoms. The SMILES string of the molecule is CCNCc1ccc(S(=O)(=O)NCC2(OC)CCC2)o1. The highest BCUT2D eigenvalue weighted by Crippen LogP contribution is 2.34. The van der Waals surface area contributed by atoms with Gasteiger partial charge in [-0.3, -0.25) is 0 Å². The first-order valence-electron chi connectivity index (χ1n) is 6.85. The Bertz CT molecular complexity index is 529. The van der Waals surface area contributed by atoms with Gasteiger partial charge < -0.3 is 14.5 Å². The van der Waals surface area contributed by atoms with Gasteiger partial charge in [-0.15, -0.1) is 0 Å². The molecule has 2 N–H and O–H groups in total. The molecule has 1 aliphatic rings. The predicted octanol–water partition coefficient (Wildman–Crippen LogP) is 1.24. The summed E-state index contributed by atoms with van der Waals surface area (Å²) in [6.07, 6.45) is 2.84. The zero-order valence-electron chi connectivity index (χ0n) is 11.9. The van der Waals surface area contributed by atoms with Crippen LogP contribution in [0, 0.1) is 0 Å². The number of hydrogen-bond acceptors (Lipinski definition) is 5. The van der Waals surface area contributed by atoms with Gasteiger partial charge in [-0.25, -0.2) is 13.1 Å². The van der Waals surface area contributed by atoms with Crippen LogP contribution in [-0.2, 0) is 21.3 Å². The molecule has 0 unspecified atom stereocenters. The van der Waals surface area contributed by atoms with E-state index in [1.807, 2.05) is 6.92 Å². The van der Waals surface area contributed by atoms with Crippen molar-refractivity contribution in [3.8, 4) is 0 Å². The van der Waals surface area contributed by atoms with E-state index in [0.29, 0.717) is 12.3 Å². The van der Waals surface area contributed by atoms with Gasteiger partial charge in [0.25, 0.3) is 10.0 Å². The van der Waals surface area contributed by atoms with Gasteiger partial charge in [-0.2, -0.15) is 0 Å². The molecule has 2 rings (SSSR count). The molecule has 0 atom stereocenters. The minimum absolute atomic E-state index is 0.0454. The number of rotatable bonds is 8. The van der Waals surface area contributed by atoms with Crippen molar-refractivity contribution in [2.75, 3.05) is 20.2 Å². The van der Waals surface area contributed by atoms with E-state index in [4.69, 9.17) is 9.15 Å². The summed E-state index contributed by atoms with van der Waals surface area (Å²) >= 11 is 0. The Morgan fingerprint density at radius 2 is 2.15 bits per heavy atom. The molecule has 1 aromatic rings. The summed E-state index contributed by atoms with van der Waals surface area (Å²) in [6, 6.07) is 3.15. The average Bonchev–Trinajstić information content (AvgIpc) is 2.85. The molecule has 6 nitrogen and oxygen atoms in total. The van der Waals surface area contributed by atoms with Crippen LogP contribution < -0.4 is 10.0 Å². The van der Waals surface area contributed by atoms with E-state index in [-0.39, 0.29) is 17.2 Å². The van der Waals surface area contributed by atoms with E-state index >= 15 is 0 Å². The molecule has 114 valence electrons. The Hall–Kier alpha value is -0.890. The van der Waals surface area contributed by atoms with Crippen LogP contribution in [0.2, 0.25) is 0 Å². The fourth-order valence-electron chi connectivity index (χ4n) is 2.17. The van der Waals surface area contributed by atoms with Gasteiger partial charge in [0.15, 0.2) is 0 Å². The molecule has 0 radical (unpaired) electrons. The molecular formula is C13H22N2O4S. The lowest BCUT2D eigenvalue weighted by Gasteiger charge is -2.40. The van der Waals surface area contributed by atoms with Crippen LogP contribution in [0.25, 0.3) is 0 Å². The predicted molar refractivity (Wildman–Crippen MR) is 74.9 cm³/mol. The van der Waals surface area contributed by atoms with Crippen LogP contribution in [0.1, 0.15) is 31.9 Å². The Morgan fingerprint density at radius 3 is 2.70 bits per heavy atom. The van der Waals surface area contributed by atoms with Crippen molar-refractivity contribution in [2.24, 2.45) is 0 Å². The summed E-state index contributed by atoms with van der Waals surface area (Å²) in [6.45, 7) is 3.59. The quantitative estimate of drug-likeness (QED) is 0.755. The highest BCUT2D eigenvalue weighted by Gasteiger charge is 2.38. The van der Waals surface area contributed by atoms with Crippen LogP contribution in [0.15, 0.2) is 21.6 Å². The summed E-state index contributed by atoms with van der Waals surface area (Å²) in [5, 5.41) is 3.04. The lowest BCUT2D eigenvalue weighted by Crippen LogP contribution is -2.49. The first kappa shape index (κ1) is 15.5. The van der Waals surface area contributed by atoms with Crippen LogP contribution in [-0.4, -0.2) is 34.2 Å². The second kappa shape index (κ2) is 6.26. The largest absolute Gasteiger partial charge is 0.447 e. The lowest BCUT2D eigenvalue weighted by atomic mass is 9.80. The van der Waals surface area contributed by atoms with E-state index < -0.39 is 10.0 Å². The van der Waals surface area contributed by atoms with Gasteiger partial charge in [-0.1, -0.05) is 6.92 Å². The number of ether oxygens (including phenoxy) is 1. The Balaban J connectivity index is 1.97. The fourth-order valence-corrected chi connectivity index (χ4v) is 3.23. The highest BCUT2D eigenvalue weighted by atomic mass is 32.2. The Labute approximate surface area is 119 Å². The highest BCUT2D eigenvalue weighted by molar-refractivity contribution is 7.89. The van der Waals surface area contributed by atoms with Crippen molar-refractivity contribution in [3.05, 3.63) is 17.9 Å². The summed E-state index contributed by atoms with van der Waals surface area (Å²) in [5.41, 5.74) is -0.341. The van der Waals surface area contributed by atoms with Crippen molar-refractivity contribution < 1.29 is 17.6 Å². The van der Waals surface area contributed by atoms with Gasteiger partial charge in [0, 0.05) is 13.7 Å². The Morgan fingerprint density at radius 1 is 1.40 bits per heavy atom. The topological polar surface area (TPSA) is 80.6 Å². The number of nitrogens with one attached hydrogen (secondary N) is 2. The summed E-state index contributed by atoms with van der Waals surface area (Å²) in [4.78, 5) is 0. The molecule has 1 aromatic heterocycles. The smallest absolute Gasteiger partial charge is 0.274 e. The van der Waals surface area contributed by atoms with E-state index in [0.717, 1.165) is 25.8 Å². The van der Waals surface area contributed by atoms with E-state index in [9.17, 15) is 8.42 Å². The molecule has 0 amide bonds. The third-order valence-electron chi connectivity index (χ3n) is 3.73. The van der Waals surface area contributed by atoms with E-state index in [1.54, 1.807) is 13.2 Å². The number of sulfonamides is 1. The molecule has 0 aromatic carbocycles. The zero-order valence-corrected chi connectivity index (χ0v) is 12.8. The maximum absolute atomic E-state index is 12.1. The molecule has 20 heavy (non-hydrogen) atoms. The maximum Gasteiger partial charge on any atom is 0.274 e. The van der Waals surface area contributed by atoms with Gasteiger partial charge in [-0.05, 0) is 37.9 Å². The van der Waals surface area contributed by atoms with Gasteiger partial charge >= 0.3 is 0 Å². The van der Waals surface area contributed by atoms with E-state index in [1.165, 1.54) is 6.07 Å². The van der Waals surface area contributed by atoms with Gasteiger partial charge in [0.05, 0.1) is 12.1 Å². The van der Waals surface area contributed by atoms with Gasteiger partial charge in [0.1, 0.15) is 5.76 Å². The number of hydrogen-bond donors (Lipinski definition) is 2. The third-order valence-corrected chi connectivity index (χ3v) is 5.01. The average molecular weight is 302 g/mol. The zero-order chi connectivity index (χ0) is 14.6. The second-order valence-corrected chi connectivity index (χ2v) is 6.76. The summed E-state index contributed by atoms with van der Waals surface area (Å²) in [5.74, 6) is 0.609. The van der Waals surface area contributed by atoms with Gasteiger partial charge in [0.2, 0.25) is 5.09 Å². The fraction of sp³-hybridized carbons (Fsp3) is 0.692. The Kier molecular flexibility index (Phi) is 4.85. The van der Waals surface area contributed by atoms with Crippen LogP contribution in [0.4, 0.5) is 0 Å². The molecule has 1 aliphatic carbocycles. The van der Waals surface area contributed by atoms with E-state index in [2.05, 4.69) is 10.0 Å². The molecule has 1 heterocycles. The van der Waals surface area contributed by atoms with Crippen molar-refractivity contribution >= 4 is 10.0 Å². The molecule has 1 saturated carbocycles. The minimum atomic E-state index is -3.61. The molecule has 0 aliphatic heterocycles. The van der Waals surface area contributed by atoms with Crippen LogP contribution >= 0.6 is 0 Å². The normalized spacial score (nSPS) is 17.9. The molecular weight excluding hydrogens is 280 g/mol. The minimum Gasteiger partial charge on any atom is -0.447 e. The third kappa shape index (κ3) is 3.41. The van der Waals surface area contributed by atoms with Crippen molar-refractivity contribution in [2.45, 2.75) is 43.4 Å². The first-order chi connectivity index (χ1) is 9.51. The van der Waals surface area contributed by atoms with Crippen LogP contribution in [0.5, 0.6) is 0 Å². The summed E-state index contributed by atoms with van der Waals surface area (Å²) in [7, 11) is -1.99. The summed E-state index contributed by atoms with van der Waals surface area (Å²) < 4.78 is 37.6. The van der Waals surface area contributed by atoms with Crippen molar-refractivity contribution in [1.29, 1.82) is 0 Å². The molecule has 1 fully saturated rings. The second-order valence-electron chi connectivity index (χ2n) is 5.07. The number of methoxy groups -OCH3 is 1. The molecule has 0 saturated heterocycles. The lowest BCUT2D eigenvalue weighted by molar-refractivity contribution is -0.0659. The maximum atomic E-state index is 12.1. The van der Waals surface area contributed by atoms with Crippen molar-refractivity contribution in [3.63, 3.8) is 0 Å². The van der Waals surface area contributed by atoms with Crippen molar-refractivity contribution in [1.82, 2.24) is 10.0 Å². The molecule has 7 heteroatoms. The number of furan rings is 1. The first-order valence-corrected chi connectivity index (χ1v) is 8.34. The standard InChI is InChI=1S/C13H22N2O4S/c1-3-14-9-11-5-6-12(19-11)20(16,17)15-10-13(18-2)7-4-8-13/h5-6,14-15H,3-4,7-10H2,1-2H3.